The van der Waals surface area contributed by atoms with Gasteiger partial charge in [-0.25, -0.2) is 4.39 Å². The first-order chi connectivity index (χ1) is 8.70. The molecule has 2 aromatic carbocycles. The van der Waals surface area contributed by atoms with Gasteiger partial charge in [-0.05, 0) is 30.3 Å². The Kier molecular flexibility index (Phi) is 4.15. The maximum atomic E-state index is 13.5. The SMILES string of the molecule is CCC(=O)c1cc(Sc2ccccc2)ccc1F. The molecule has 0 bridgehead atoms. The van der Waals surface area contributed by atoms with Gasteiger partial charge < -0.3 is 0 Å². The summed E-state index contributed by atoms with van der Waals surface area (Å²) in [6.45, 7) is 1.73. The lowest BCUT2D eigenvalue weighted by atomic mass is 10.1. The second-order valence-corrected chi connectivity index (χ2v) is 4.98. The zero-order valence-electron chi connectivity index (χ0n) is 10.0. The summed E-state index contributed by atoms with van der Waals surface area (Å²) < 4.78 is 13.5. The van der Waals surface area contributed by atoms with Gasteiger partial charge in [0.05, 0.1) is 5.56 Å². The predicted octanol–water partition coefficient (Wildman–Crippen LogP) is 4.57. The molecule has 18 heavy (non-hydrogen) atoms. The maximum absolute atomic E-state index is 13.5. The monoisotopic (exact) mass is 260 g/mol. The van der Waals surface area contributed by atoms with Crippen molar-refractivity contribution in [3.63, 3.8) is 0 Å². The Morgan fingerprint density at radius 2 is 1.83 bits per heavy atom. The van der Waals surface area contributed by atoms with E-state index in [9.17, 15) is 9.18 Å². The van der Waals surface area contributed by atoms with Crippen LogP contribution in [-0.2, 0) is 0 Å². The fourth-order valence-electron chi connectivity index (χ4n) is 1.60. The number of hydrogen-bond acceptors (Lipinski definition) is 2. The largest absolute Gasteiger partial charge is 0.294 e. The van der Waals surface area contributed by atoms with Crippen LogP contribution in [0.5, 0.6) is 0 Å². The third-order valence-corrected chi connectivity index (χ3v) is 3.54. The fourth-order valence-corrected chi connectivity index (χ4v) is 2.47. The van der Waals surface area contributed by atoms with Crippen molar-refractivity contribution in [1.29, 1.82) is 0 Å². The van der Waals surface area contributed by atoms with Gasteiger partial charge in [0.1, 0.15) is 5.82 Å². The third-order valence-electron chi connectivity index (χ3n) is 2.54. The molecule has 3 heteroatoms. The van der Waals surface area contributed by atoms with E-state index in [0.717, 1.165) is 9.79 Å². The number of benzene rings is 2. The molecular formula is C15H13FOS. The van der Waals surface area contributed by atoms with Crippen molar-refractivity contribution in [2.45, 2.75) is 23.1 Å². The van der Waals surface area contributed by atoms with E-state index in [1.54, 1.807) is 19.1 Å². The van der Waals surface area contributed by atoms with Crippen molar-refractivity contribution in [2.75, 3.05) is 0 Å². The van der Waals surface area contributed by atoms with Gasteiger partial charge in [-0.15, -0.1) is 0 Å². The van der Waals surface area contributed by atoms with Crippen molar-refractivity contribution in [3.8, 4) is 0 Å². The van der Waals surface area contributed by atoms with Gasteiger partial charge in [-0.1, -0.05) is 36.9 Å². The maximum Gasteiger partial charge on any atom is 0.165 e. The normalized spacial score (nSPS) is 10.3. The van der Waals surface area contributed by atoms with Crippen molar-refractivity contribution >= 4 is 17.5 Å². The minimum atomic E-state index is -0.445. The molecule has 0 aliphatic rings. The van der Waals surface area contributed by atoms with E-state index < -0.39 is 5.82 Å². The summed E-state index contributed by atoms with van der Waals surface area (Å²) in [6.07, 6.45) is 0.316. The van der Waals surface area contributed by atoms with Crippen molar-refractivity contribution < 1.29 is 9.18 Å². The molecule has 0 aliphatic carbocycles. The van der Waals surface area contributed by atoms with Crippen LogP contribution in [0.15, 0.2) is 58.3 Å². The minimum absolute atomic E-state index is 0.164. The van der Waals surface area contributed by atoms with Gasteiger partial charge in [0.2, 0.25) is 0 Å². The van der Waals surface area contributed by atoms with E-state index in [2.05, 4.69) is 0 Å². The lowest BCUT2D eigenvalue weighted by Gasteiger charge is -2.05. The highest BCUT2D eigenvalue weighted by atomic mass is 32.2. The van der Waals surface area contributed by atoms with E-state index in [1.807, 2.05) is 30.3 Å². The van der Waals surface area contributed by atoms with Gasteiger partial charge in [0.25, 0.3) is 0 Å². The standard InChI is InChI=1S/C15H13FOS/c1-2-15(17)13-10-12(8-9-14(13)16)18-11-6-4-3-5-7-11/h3-10H,2H2,1H3. The molecule has 0 radical (unpaired) electrons. The van der Waals surface area contributed by atoms with Gasteiger partial charge in [0, 0.05) is 16.2 Å². The number of rotatable bonds is 4. The number of hydrogen-bond donors (Lipinski definition) is 0. The number of ketones is 1. The molecular weight excluding hydrogens is 247 g/mol. The Labute approximate surface area is 110 Å². The summed E-state index contributed by atoms with van der Waals surface area (Å²) >= 11 is 1.52. The average molecular weight is 260 g/mol. The predicted molar refractivity (Wildman–Crippen MR) is 71.6 cm³/mol. The molecule has 0 aromatic heterocycles. The molecule has 0 unspecified atom stereocenters. The average Bonchev–Trinajstić information content (AvgIpc) is 2.41. The van der Waals surface area contributed by atoms with Crippen LogP contribution >= 0.6 is 11.8 Å². The number of Topliss-reactive ketones (excluding diaryl/α,β-unsaturated/α-hetero) is 1. The number of carbonyl (C=O) groups is 1. The third kappa shape index (κ3) is 2.99. The fraction of sp³-hybridized carbons (Fsp3) is 0.133. The number of carbonyl (C=O) groups excluding carboxylic acids is 1. The summed E-state index contributed by atoms with van der Waals surface area (Å²) in [6, 6.07) is 14.5. The first-order valence-electron chi connectivity index (χ1n) is 5.76. The van der Waals surface area contributed by atoms with E-state index in [-0.39, 0.29) is 11.3 Å². The number of halogens is 1. The highest BCUT2D eigenvalue weighted by Crippen LogP contribution is 2.28. The highest BCUT2D eigenvalue weighted by Gasteiger charge is 2.11. The van der Waals surface area contributed by atoms with Crippen molar-refractivity contribution in [2.24, 2.45) is 0 Å². The zero-order valence-corrected chi connectivity index (χ0v) is 10.8. The quantitative estimate of drug-likeness (QED) is 0.749. The molecule has 0 aliphatic heterocycles. The summed E-state index contributed by atoms with van der Waals surface area (Å²) in [5, 5.41) is 0. The van der Waals surface area contributed by atoms with Gasteiger partial charge in [0.15, 0.2) is 5.78 Å². The van der Waals surface area contributed by atoms with Crippen LogP contribution < -0.4 is 0 Å². The van der Waals surface area contributed by atoms with E-state index in [4.69, 9.17) is 0 Å². The summed E-state index contributed by atoms with van der Waals surface area (Å²) in [7, 11) is 0. The lowest BCUT2D eigenvalue weighted by Crippen LogP contribution is -2.00. The van der Waals surface area contributed by atoms with Crippen LogP contribution in [0.1, 0.15) is 23.7 Å². The molecule has 2 aromatic rings. The molecule has 0 N–H and O–H groups in total. The van der Waals surface area contributed by atoms with E-state index in [1.165, 1.54) is 17.8 Å². The first kappa shape index (κ1) is 12.8. The Morgan fingerprint density at radius 1 is 1.11 bits per heavy atom. The first-order valence-corrected chi connectivity index (χ1v) is 6.58. The van der Waals surface area contributed by atoms with Crippen LogP contribution in [0, 0.1) is 5.82 Å². The molecule has 0 amide bonds. The van der Waals surface area contributed by atoms with Gasteiger partial charge in [-0.3, -0.25) is 4.79 Å². The zero-order chi connectivity index (χ0) is 13.0. The second kappa shape index (κ2) is 5.83. The molecule has 0 atom stereocenters. The lowest BCUT2D eigenvalue weighted by molar-refractivity contribution is 0.0984. The molecule has 0 fully saturated rings. The molecule has 2 rings (SSSR count). The van der Waals surface area contributed by atoms with Gasteiger partial charge in [-0.2, -0.15) is 0 Å². The second-order valence-electron chi connectivity index (χ2n) is 3.83. The van der Waals surface area contributed by atoms with Gasteiger partial charge >= 0.3 is 0 Å². The minimum Gasteiger partial charge on any atom is -0.294 e. The van der Waals surface area contributed by atoms with Crippen LogP contribution in [0.2, 0.25) is 0 Å². The summed E-state index contributed by atoms with van der Waals surface area (Å²) in [5.41, 5.74) is 0.179. The van der Waals surface area contributed by atoms with Crippen molar-refractivity contribution in [3.05, 3.63) is 59.9 Å². The smallest absolute Gasteiger partial charge is 0.165 e. The van der Waals surface area contributed by atoms with Crippen LogP contribution in [0.25, 0.3) is 0 Å². The molecule has 0 saturated heterocycles. The van der Waals surface area contributed by atoms with E-state index in [0.29, 0.717) is 6.42 Å². The molecule has 92 valence electrons. The van der Waals surface area contributed by atoms with Crippen LogP contribution in [0.4, 0.5) is 4.39 Å². The molecule has 0 spiro atoms. The molecule has 1 nitrogen and oxygen atoms in total. The van der Waals surface area contributed by atoms with Crippen LogP contribution in [0.3, 0.4) is 0 Å². The Bertz CT molecular complexity index is 552. The van der Waals surface area contributed by atoms with E-state index >= 15 is 0 Å². The Hall–Kier alpha value is -1.61. The summed E-state index contributed by atoms with van der Waals surface area (Å²) in [4.78, 5) is 13.5. The Balaban J connectivity index is 2.27. The Morgan fingerprint density at radius 3 is 2.50 bits per heavy atom. The topological polar surface area (TPSA) is 17.1 Å². The van der Waals surface area contributed by atoms with Crippen LogP contribution in [-0.4, -0.2) is 5.78 Å². The summed E-state index contributed by atoms with van der Waals surface area (Å²) in [5.74, 6) is -0.609. The van der Waals surface area contributed by atoms with Crippen molar-refractivity contribution in [1.82, 2.24) is 0 Å². The molecule has 0 saturated carbocycles. The highest BCUT2D eigenvalue weighted by molar-refractivity contribution is 7.99. The molecule has 0 heterocycles.